The molecule has 5 nitrogen and oxygen atoms in total. The molecular weight excluding hydrogens is 312 g/mol. The Hall–Kier alpha value is -1.59. The molecule has 0 saturated carbocycles. The molecule has 138 valence electrons. The monoisotopic (exact) mass is 344 g/mol. The lowest BCUT2D eigenvalue weighted by Gasteiger charge is -2.41. The van der Waals surface area contributed by atoms with E-state index in [-0.39, 0.29) is 11.6 Å². The van der Waals surface area contributed by atoms with Crippen molar-refractivity contribution < 1.29 is 5.11 Å². The summed E-state index contributed by atoms with van der Waals surface area (Å²) in [6.45, 7) is 11.9. The van der Waals surface area contributed by atoms with E-state index in [1.54, 1.807) is 0 Å². The van der Waals surface area contributed by atoms with Crippen LogP contribution in [0, 0.1) is 0 Å². The van der Waals surface area contributed by atoms with Crippen molar-refractivity contribution in [1.82, 2.24) is 15.1 Å². The van der Waals surface area contributed by atoms with Crippen LogP contribution in [-0.4, -0.2) is 65.2 Å². The Balaban J connectivity index is 1.67. The Labute approximate surface area is 151 Å². The molecule has 1 fully saturated rings. The average molecular weight is 345 g/mol. The highest BCUT2D eigenvalue weighted by atomic mass is 16.3. The van der Waals surface area contributed by atoms with Crippen molar-refractivity contribution in [2.45, 2.75) is 51.8 Å². The summed E-state index contributed by atoms with van der Waals surface area (Å²) in [5.74, 6) is 0.935. The minimum Gasteiger partial charge on any atom is -0.391 e. The van der Waals surface area contributed by atoms with Crippen molar-refractivity contribution in [3.8, 4) is 0 Å². The maximum atomic E-state index is 9.81. The van der Waals surface area contributed by atoms with Gasteiger partial charge in [0, 0.05) is 38.3 Å². The fraction of sp³-hybridized carbons (Fsp3) is 0.650. The quantitative estimate of drug-likeness (QED) is 0.647. The van der Waals surface area contributed by atoms with Crippen LogP contribution in [0.2, 0.25) is 0 Å². The number of aliphatic imine (C=N–C) groups is 1. The first kappa shape index (κ1) is 18.2. The molecule has 25 heavy (non-hydrogen) atoms. The molecule has 0 bridgehead atoms. The lowest BCUT2D eigenvalue weighted by Crippen LogP contribution is -2.49. The van der Waals surface area contributed by atoms with Crippen molar-refractivity contribution in [3.63, 3.8) is 0 Å². The van der Waals surface area contributed by atoms with Crippen molar-refractivity contribution in [1.29, 1.82) is 0 Å². The first-order chi connectivity index (χ1) is 12.0. The van der Waals surface area contributed by atoms with Gasteiger partial charge in [-0.25, -0.2) is 0 Å². The summed E-state index contributed by atoms with van der Waals surface area (Å²) in [6, 6.07) is 8.77. The first-order valence-corrected chi connectivity index (χ1v) is 9.53. The molecular formula is C20H32N4O. The van der Waals surface area contributed by atoms with Gasteiger partial charge in [0.1, 0.15) is 0 Å². The number of rotatable bonds is 4. The van der Waals surface area contributed by atoms with Crippen molar-refractivity contribution in [3.05, 3.63) is 35.4 Å². The van der Waals surface area contributed by atoms with Crippen LogP contribution < -0.4 is 5.32 Å². The number of benzene rings is 1. The highest BCUT2D eigenvalue weighted by Crippen LogP contribution is 2.25. The summed E-state index contributed by atoms with van der Waals surface area (Å²) < 4.78 is 0. The minimum absolute atomic E-state index is 0.00649. The summed E-state index contributed by atoms with van der Waals surface area (Å²) >= 11 is 0. The number of β-amino-alcohol motifs (C(OH)–C–C–N with tert-alkyl or cyclic N) is 1. The number of likely N-dealkylation sites (tertiary alicyclic amines) is 1. The van der Waals surface area contributed by atoms with E-state index in [0.717, 1.165) is 51.5 Å². The number of hydrogen-bond acceptors (Lipinski definition) is 3. The summed E-state index contributed by atoms with van der Waals surface area (Å²) in [4.78, 5) is 9.63. The number of aliphatic hydroxyl groups excluding tert-OH is 1. The molecule has 2 aliphatic rings. The molecule has 2 heterocycles. The van der Waals surface area contributed by atoms with E-state index in [9.17, 15) is 5.11 Å². The number of guanidine groups is 1. The van der Waals surface area contributed by atoms with E-state index >= 15 is 0 Å². The molecule has 2 N–H and O–H groups in total. The molecule has 0 unspecified atom stereocenters. The molecule has 1 aromatic rings. The van der Waals surface area contributed by atoms with Gasteiger partial charge < -0.3 is 15.3 Å². The van der Waals surface area contributed by atoms with Crippen LogP contribution in [0.25, 0.3) is 0 Å². The lowest BCUT2D eigenvalue weighted by atomic mass is 9.94. The smallest absolute Gasteiger partial charge is 0.194 e. The molecule has 0 amide bonds. The predicted molar refractivity (Wildman–Crippen MR) is 103 cm³/mol. The number of nitrogens with one attached hydrogen (secondary N) is 1. The second kappa shape index (κ2) is 7.75. The van der Waals surface area contributed by atoms with Crippen LogP contribution in [0.1, 0.15) is 38.3 Å². The van der Waals surface area contributed by atoms with Gasteiger partial charge in [-0.1, -0.05) is 24.3 Å². The maximum absolute atomic E-state index is 9.81. The highest BCUT2D eigenvalue weighted by Gasteiger charge is 2.30. The minimum atomic E-state index is -0.226. The van der Waals surface area contributed by atoms with E-state index in [1.165, 1.54) is 11.1 Å². The zero-order valence-corrected chi connectivity index (χ0v) is 15.8. The number of aliphatic hydroxyl groups is 1. The Morgan fingerprint density at radius 3 is 2.72 bits per heavy atom. The van der Waals surface area contributed by atoms with Gasteiger partial charge in [0.2, 0.25) is 0 Å². The van der Waals surface area contributed by atoms with Gasteiger partial charge in [-0.15, -0.1) is 0 Å². The average Bonchev–Trinajstić information content (AvgIpc) is 3.04. The van der Waals surface area contributed by atoms with Gasteiger partial charge in [0.25, 0.3) is 0 Å². The van der Waals surface area contributed by atoms with E-state index in [4.69, 9.17) is 4.99 Å². The highest BCUT2D eigenvalue weighted by molar-refractivity contribution is 5.80. The topological polar surface area (TPSA) is 51.1 Å². The lowest BCUT2D eigenvalue weighted by molar-refractivity contribution is 0.111. The maximum Gasteiger partial charge on any atom is 0.194 e. The van der Waals surface area contributed by atoms with Gasteiger partial charge in [0.05, 0.1) is 12.6 Å². The van der Waals surface area contributed by atoms with Gasteiger partial charge in [-0.3, -0.25) is 9.89 Å². The van der Waals surface area contributed by atoms with Crippen molar-refractivity contribution in [2.24, 2.45) is 4.99 Å². The molecule has 2 aliphatic heterocycles. The fourth-order valence-corrected chi connectivity index (χ4v) is 3.74. The molecule has 0 radical (unpaired) electrons. The standard InChI is InChI=1S/C20H32N4O/c1-4-21-19(23-11-10-18(25)14-23)22-15-20(2,3)24-12-9-16-7-5-6-8-17(16)13-24/h5-8,18,25H,4,9-15H2,1-3H3,(H,21,22)/t18-/m1/s1. The Morgan fingerprint density at radius 2 is 2.04 bits per heavy atom. The van der Waals surface area contributed by atoms with E-state index < -0.39 is 0 Å². The van der Waals surface area contributed by atoms with Gasteiger partial charge >= 0.3 is 0 Å². The normalized spacial score (nSPS) is 22.2. The number of fused-ring (bicyclic) bond motifs is 1. The van der Waals surface area contributed by atoms with Crippen LogP contribution in [0.5, 0.6) is 0 Å². The predicted octanol–water partition coefficient (Wildman–Crippen LogP) is 1.86. The van der Waals surface area contributed by atoms with Crippen LogP contribution in [-0.2, 0) is 13.0 Å². The largest absolute Gasteiger partial charge is 0.391 e. The van der Waals surface area contributed by atoms with Crippen LogP contribution in [0.4, 0.5) is 0 Å². The molecule has 0 aromatic heterocycles. The second-order valence-corrected chi connectivity index (χ2v) is 7.81. The third-order valence-corrected chi connectivity index (χ3v) is 5.40. The number of hydrogen-bond donors (Lipinski definition) is 2. The molecule has 0 aliphatic carbocycles. The van der Waals surface area contributed by atoms with Gasteiger partial charge in [-0.05, 0) is 44.7 Å². The van der Waals surface area contributed by atoms with Crippen LogP contribution >= 0.6 is 0 Å². The first-order valence-electron chi connectivity index (χ1n) is 9.53. The third-order valence-electron chi connectivity index (χ3n) is 5.40. The van der Waals surface area contributed by atoms with Crippen LogP contribution in [0.3, 0.4) is 0 Å². The molecule has 3 rings (SSSR count). The third kappa shape index (κ3) is 4.33. The Bertz CT molecular complexity index is 613. The van der Waals surface area contributed by atoms with Crippen molar-refractivity contribution >= 4 is 5.96 Å². The van der Waals surface area contributed by atoms with Crippen LogP contribution in [0.15, 0.2) is 29.3 Å². The Morgan fingerprint density at radius 1 is 1.28 bits per heavy atom. The second-order valence-electron chi connectivity index (χ2n) is 7.81. The van der Waals surface area contributed by atoms with Gasteiger partial charge in [-0.2, -0.15) is 0 Å². The molecule has 1 saturated heterocycles. The summed E-state index contributed by atoms with van der Waals surface area (Å²) in [5.41, 5.74) is 2.94. The molecule has 1 aromatic carbocycles. The zero-order valence-electron chi connectivity index (χ0n) is 15.8. The van der Waals surface area contributed by atoms with E-state index in [1.807, 2.05) is 0 Å². The molecule has 0 spiro atoms. The Kier molecular flexibility index (Phi) is 5.64. The summed E-state index contributed by atoms with van der Waals surface area (Å²) in [6.07, 6.45) is 1.72. The molecule has 1 atom stereocenters. The van der Waals surface area contributed by atoms with E-state index in [2.05, 4.69) is 60.2 Å². The van der Waals surface area contributed by atoms with Gasteiger partial charge in [0.15, 0.2) is 5.96 Å². The zero-order chi connectivity index (χ0) is 17.9. The summed E-state index contributed by atoms with van der Waals surface area (Å²) in [5, 5.41) is 13.2. The number of nitrogens with zero attached hydrogens (tertiary/aromatic N) is 3. The van der Waals surface area contributed by atoms with E-state index in [0.29, 0.717) is 6.54 Å². The fourth-order valence-electron chi connectivity index (χ4n) is 3.74. The van der Waals surface area contributed by atoms with Crippen molar-refractivity contribution in [2.75, 3.05) is 32.7 Å². The summed E-state index contributed by atoms with van der Waals surface area (Å²) in [7, 11) is 0. The SMILES string of the molecule is CCNC(=NCC(C)(C)N1CCc2ccccc2C1)N1CC[C@@H](O)C1. The molecule has 5 heteroatoms.